The molecule has 0 aliphatic carbocycles. The molecule has 0 spiro atoms. The molecule has 0 aliphatic heterocycles. The minimum atomic E-state index is 0.178. The molecule has 0 bridgehead atoms. The zero-order chi connectivity index (χ0) is 12.7. The van der Waals surface area contributed by atoms with Crippen molar-refractivity contribution in [2.24, 2.45) is 0 Å². The number of hydrogen-bond acceptors (Lipinski definition) is 3. The first-order chi connectivity index (χ1) is 8.26. The lowest BCUT2D eigenvalue weighted by atomic mass is 9.99. The first-order valence-corrected chi connectivity index (χ1v) is 6.19. The van der Waals surface area contributed by atoms with Gasteiger partial charge in [0.05, 0.1) is 18.8 Å². The summed E-state index contributed by atoms with van der Waals surface area (Å²) in [6.45, 7) is 4.81. The largest absolute Gasteiger partial charge is 0.494 e. The molecular weight excluding hydrogens is 214 g/mol. The highest BCUT2D eigenvalue weighted by Gasteiger charge is 2.19. The van der Waals surface area contributed by atoms with Crippen LogP contribution in [0.25, 0.3) is 0 Å². The average molecular weight is 237 g/mol. The molecule has 1 rings (SSSR count). The van der Waals surface area contributed by atoms with Gasteiger partial charge in [0.15, 0.2) is 0 Å². The molecule has 0 radical (unpaired) electrons. The normalized spacial score (nSPS) is 14.4. The molecule has 0 aliphatic rings. The molecule has 0 saturated carbocycles. The molecule has 1 N–H and O–H groups in total. The van der Waals surface area contributed by atoms with E-state index in [0.717, 1.165) is 12.2 Å². The SMILES string of the molecule is CCOc1cccc(C(NC)C(CC)OC)c1. The second-order valence-corrected chi connectivity index (χ2v) is 3.95. The van der Waals surface area contributed by atoms with Crippen LogP contribution in [0.3, 0.4) is 0 Å². The molecule has 2 atom stereocenters. The standard InChI is InChI=1S/C14H23NO2/c1-5-13(16-4)14(15-3)11-8-7-9-12(10-11)17-6-2/h7-10,13-15H,5-6H2,1-4H3. The smallest absolute Gasteiger partial charge is 0.119 e. The first-order valence-electron chi connectivity index (χ1n) is 6.19. The van der Waals surface area contributed by atoms with Crippen molar-refractivity contribution in [1.82, 2.24) is 5.32 Å². The Morgan fingerprint density at radius 2 is 2.06 bits per heavy atom. The third-order valence-electron chi connectivity index (χ3n) is 2.92. The number of ether oxygens (including phenoxy) is 2. The van der Waals surface area contributed by atoms with E-state index >= 15 is 0 Å². The summed E-state index contributed by atoms with van der Waals surface area (Å²) in [6.07, 6.45) is 1.15. The Labute approximate surface area is 104 Å². The zero-order valence-corrected chi connectivity index (χ0v) is 11.2. The van der Waals surface area contributed by atoms with Gasteiger partial charge in [0.25, 0.3) is 0 Å². The van der Waals surface area contributed by atoms with Gasteiger partial charge in [-0.1, -0.05) is 19.1 Å². The van der Waals surface area contributed by atoms with Crippen LogP contribution in [0.1, 0.15) is 31.9 Å². The van der Waals surface area contributed by atoms with Gasteiger partial charge in [0.2, 0.25) is 0 Å². The molecule has 0 amide bonds. The quantitative estimate of drug-likeness (QED) is 0.791. The number of methoxy groups -OCH3 is 1. The molecule has 1 aromatic rings. The van der Waals surface area contributed by atoms with Crippen molar-refractivity contribution in [3.8, 4) is 5.75 Å². The molecule has 0 saturated heterocycles. The molecule has 0 fully saturated rings. The first kappa shape index (κ1) is 14.0. The highest BCUT2D eigenvalue weighted by Crippen LogP contribution is 2.24. The maximum Gasteiger partial charge on any atom is 0.119 e. The second kappa shape index (κ2) is 7.30. The fourth-order valence-electron chi connectivity index (χ4n) is 2.07. The summed E-state index contributed by atoms with van der Waals surface area (Å²) >= 11 is 0. The summed E-state index contributed by atoms with van der Waals surface area (Å²) in [5, 5.41) is 3.31. The Hall–Kier alpha value is -1.06. The van der Waals surface area contributed by atoms with Crippen molar-refractivity contribution < 1.29 is 9.47 Å². The van der Waals surface area contributed by atoms with Crippen molar-refractivity contribution in [2.45, 2.75) is 32.4 Å². The Bertz CT molecular complexity index is 324. The average Bonchev–Trinajstić information content (AvgIpc) is 2.36. The molecule has 3 nitrogen and oxygen atoms in total. The third-order valence-corrected chi connectivity index (χ3v) is 2.92. The van der Waals surface area contributed by atoms with Gasteiger partial charge in [0.1, 0.15) is 5.75 Å². The summed E-state index contributed by atoms with van der Waals surface area (Å²) in [7, 11) is 3.71. The highest BCUT2D eigenvalue weighted by molar-refractivity contribution is 5.31. The minimum Gasteiger partial charge on any atom is -0.494 e. The Morgan fingerprint density at radius 3 is 2.59 bits per heavy atom. The molecule has 2 unspecified atom stereocenters. The fraction of sp³-hybridized carbons (Fsp3) is 0.571. The zero-order valence-electron chi connectivity index (χ0n) is 11.2. The van der Waals surface area contributed by atoms with E-state index in [1.165, 1.54) is 5.56 Å². The van der Waals surface area contributed by atoms with Crippen LogP contribution in [0, 0.1) is 0 Å². The van der Waals surface area contributed by atoms with Crippen molar-refractivity contribution >= 4 is 0 Å². The lowest BCUT2D eigenvalue weighted by Crippen LogP contribution is -2.30. The summed E-state index contributed by atoms with van der Waals surface area (Å²) < 4.78 is 11.0. The predicted octanol–water partition coefficient (Wildman–Crippen LogP) is 2.77. The molecule has 96 valence electrons. The van der Waals surface area contributed by atoms with E-state index in [1.54, 1.807) is 7.11 Å². The maximum atomic E-state index is 5.52. The number of nitrogens with one attached hydrogen (secondary N) is 1. The van der Waals surface area contributed by atoms with Gasteiger partial charge in [0, 0.05) is 7.11 Å². The fourth-order valence-corrected chi connectivity index (χ4v) is 2.07. The van der Waals surface area contributed by atoms with Gasteiger partial charge in [-0.05, 0) is 38.1 Å². The molecule has 3 heteroatoms. The summed E-state index contributed by atoms with van der Waals surface area (Å²) in [4.78, 5) is 0. The molecular formula is C14H23NO2. The summed E-state index contributed by atoms with van der Waals surface area (Å²) in [5.74, 6) is 0.913. The second-order valence-electron chi connectivity index (χ2n) is 3.95. The Balaban J connectivity index is 2.90. The predicted molar refractivity (Wildman–Crippen MR) is 70.5 cm³/mol. The highest BCUT2D eigenvalue weighted by atomic mass is 16.5. The van der Waals surface area contributed by atoms with Crippen LogP contribution in [0.4, 0.5) is 0 Å². The molecule has 0 aromatic heterocycles. The number of benzene rings is 1. The van der Waals surface area contributed by atoms with E-state index in [1.807, 2.05) is 26.1 Å². The van der Waals surface area contributed by atoms with Crippen LogP contribution < -0.4 is 10.1 Å². The van der Waals surface area contributed by atoms with Crippen LogP contribution in [-0.2, 0) is 4.74 Å². The van der Waals surface area contributed by atoms with E-state index in [9.17, 15) is 0 Å². The molecule has 0 heterocycles. The topological polar surface area (TPSA) is 30.5 Å². The molecule has 17 heavy (non-hydrogen) atoms. The van der Waals surface area contributed by atoms with E-state index in [2.05, 4.69) is 24.4 Å². The number of rotatable bonds is 7. The minimum absolute atomic E-state index is 0.178. The lowest BCUT2D eigenvalue weighted by molar-refractivity contribution is 0.0675. The Morgan fingerprint density at radius 1 is 1.29 bits per heavy atom. The van der Waals surface area contributed by atoms with Gasteiger partial charge in [-0.3, -0.25) is 0 Å². The van der Waals surface area contributed by atoms with Gasteiger partial charge in [-0.2, -0.15) is 0 Å². The van der Waals surface area contributed by atoms with Crippen molar-refractivity contribution in [3.05, 3.63) is 29.8 Å². The van der Waals surface area contributed by atoms with Crippen LogP contribution in [0.5, 0.6) is 5.75 Å². The Kier molecular flexibility index (Phi) is 6.01. The molecule has 1 aromatic carbocycles. The van der Waals surface area contributed by atoms with E-state index in [-0.39, 0.29) is 12.1 Å². The summed E-state index contributed by atoms with van der Waals surface area (Å²) in [6, 6.07) is 8.38. The van der Waals surface area contributed by atoms with Crippen LogP contribution in [0.2, 0.25) is 0 Å². The van der Waals surface area contributed by atoms with Gasteiger partial charge in [-0.25, -0.2) is 0 Å². The van der Waals surface area contributed by atoms with Crippen molar-refractivity contribution in [2.75, 3.05) is 20.8 Å². The van der Waals surface area contributed by atoms with E-state index in [4.69, 9.17) is 9.47 Å². The third kappa shape index (κ3) is 3.72. The lowest BCUT2D eigenvalue weighted by Gasteiger charge is -2.25. The van der Waals surface area contributed by atoms with Crippen molar-refractivity contribution in [3.63, 3.8) is 0 Å². The van der Waals surface area contributed by atoms with Crippen LogP contribution in [-0.4, -0.2) is 26.9 Å². The van der Waals surface area contributed by atoms with Crippen LogP contribution in [0.15, 0.2) is 24.3 Å². The maximum absolute atomic E-state index is 5.52. The monoisotopic (exact) mass is 237 g/mol. The van der Waals surface area contributed by atoms with Gasteiger partial charge >= 0.3 is 0 Å². The van der Waals surface area contributed by atoms with E-state index < -0.39 is 0 Å². The number of likely N-dealkylation sites (N-methyl/N-ethyl adjacent to an activating group) is 1. The van der Waals surface area contributed by atoms with E-state index in [0.29, 0.717) is 6.61 Å². The number of hydrogen-bond donors (Lipinski definition) is 1. The summed E-state index contributed by atoms with van der Waals surface area (Å²) in [5.41, 5.74) is 1.20. The van der Waals surface area contributed by atoms with Gasteiger partial charge in [-0.15, -0.1) is 0 Å². The van der Waals surface area contributed by atoms with Crippen LogP contribution >= 0.6 is 0 Å². The van der Waals surface area contributed by atoms with Crippen molar-refractivity contribution in [1.29, 1.82) is 0 Å². The van der Waals surface area contributed by atoms with Gasteiger partial charge < -0.3 is 14.8 Å².